The van der Waals surface area contributed by atoms with E-state index in [2.05, 4.69) is 5.32 Å². The minimum Gasteiger partial charge on any atom is -0.481 e. The first-order valence-corrected chi connectivity index (χ1v) is 6.95. The molecule has 0 atom stereocenters. The van der Waals surface area contributed by atoms with Gasteiger partial charge < -0.3 is 15.3 Å². The Bertz CT molecular complexity index is 514. The molecule has 1 heterocycles. The van der Waals surface area contributed by atoms with Crippen molar-refractivity contribution in [1.82, 2.24) is 4.90 Å². The molecule has 2 rings (SSSR count). The van der Waals surface area contributed by atoms with E-state index in [9.17, 15) is 9.59 Å². The zero-order chi connectivity index (χ0) is 14.5. The molecule has 0 aliphatic carbocycles. The average molecular weight is 276 g/mol. The zero-order valence-electron chi connectivity index (χ0n) is 11.7. The van der Waals surface area contributed by atoms with Crippen LogP contribution in [0.5, 0.6) is 0 Å². The Labute approximate surface area is 118 Å². The van der Waals surface area contributed by atoms with Crippen LogP contribution in [0.3, 0.4) is 0 Å². The lowest BCUT2D eigenvalue weighted by Crippen LogP contribution is -2.33. The van der Waals surface area contributed by atoms with Crippen LogP contribution in [0.15, 0.2) is 18.2 Å². The molecule has 1 aliphatic heterocycles. The fourth-order valence-electron chi connectivity index (χ4n) is 2.40. The van der Waals surface area contributed by atoms with Crippen molar-refractivity contribution in [3.63, 3.8) is 0 Å². The first-order chi connectivity index (χ1) is 9.60. The number of fused-ring (bicyclic) bond motifs is 1. The van der Waals surface area contributed by atoms with Gasteiger partial charge in [0, 0.05) is 38.2 Å². The van der Waals surface area contributed by atoms with Crippen LogP contribution in [0.1, 0.15) is 30.9 Å². The Hall–Kier alpha value is -2.04. The lowest BCUT2D eigenvalue weighted by molar-refractivity contribution is -0.137. The summed E-state index contributed by atoms with van der Waals surface area (Å²) in [6, 6.07) is 5.94. The molecule has 0 unspecified atom stereocenters. The van der Waals surface area contributed by atoms with Gasteiger partial charge in [0.1, 0.15) is 0 Å². The molecule has 5 nitrogen and oxygen atoms in total. The number of carboxylic acids is 1. The first-order valence-electron chi connectivity index (χ1n) is 6.95. The highest BCUT2D eigenvalue weighted by Gasteiger charge is 2.17. The van der Waals surface area contributed by atoms with Gasteiger partial charge >= 0.3 is 5.97 Å². The van der Waals surface area contributed by atoms with Crippen molar-refractivity contribution in [3.8, 4) is 0 Å². The predicted molar refractivity (Wildman–Crippen MR) is 76.6 cm³/mol. The average Bonchev–Trinajstić information content (AvgIpc) is 2.41. The molecular formula is C15H20N2O3. The highest BCUT2D eigenvalue weighted by Crippen LogP contribution is 2.22. The van der Waals surface area contributed by atoms with E-state index in [1.54, 1.807) is 0 Å². The molecule has 0 spiro atoms. The molecule has 1 amide bonds. The number of aliphatic carboxylic acids is 1. The van der Waals surface area contributed by atoms with Crippen LogP contribution < -0.4 is 5.32 Å². The van der Waals surface area contributed by atoms with Crippen molar-refractivity contribution >= 4 is 17.6 Å². The topological polar surface area (TPSA) is 69.6 Å². The standard InChI is InChI=1S/C15H20N2O3/c1-2-17-10-12-9-11(4-6-15(19)20)3-5-13(12)16-8-7-14(17)18/h3,5,9,16H,2,4,6-8,10H2,1H3,(H,19,20). The SMILES string of the molecule is CCN1Cc2cc(CCC(=O)O)ccc2NCCC1=O. The van der Waals surface area contributed by atoms with Crippen LogP contribution in [0.2, 0.25) is 0 Å². The smallest absolute Gasteiger partial charge is 0.303 e. The first kappa shape index (κ1) is 14.4. The third kappa shape index (κ3) is 3.50. The van der Waals surface area contributed by atoms with Crippen LogP contribution in [-0.4, -0.2) is 35.0 Å². The number of carbonyl (C=O) groups excluding carboxylic acids is 1. The monoisotopic (exact) mass is 276 g/mol. The summed E-state index contributed by atoms with van der Waals surface area (Å²) >= 11 is 0. The summed E-state index contributed by atoms with van der Waals surface area (Å²) in [5, 5.41) is 12.0. The van der Waals surface area contributed by atoms with Gasteiger partial charge in [-0.25, -0.2) is 0 Å². The fourth-order valence-corrected chi connectivity index (χ4v) is 2.40. The van der Waals surface area contributed by atoms with Crippen molar-refractivity contribution in [2.24, 2.45) is 0 Å². The number of amides is 1. The molecule has 0 fully saturated rings. The van der Waals surface area contributed by atoms with E-state index < -0.39 is 5.97 Å². The molecule has 0 bridgehead atoms. The van der Waals surface area contributed by atoms with E-state index >= 15 is 0 Å². The van der Waals surface area contributed by atoms with Gasteiger partial charge in [-0.1, -0.05) is 12.1 Å². The lowest BCUT2D eigenvalue weighted by Gasteiger charge is -2.26. The normalized spacial score (nSPS) is 15.1. The number of carbonyl (C=O) groups is 2. The van der Waals surface area contributed by atoms with Crippen molar-refractivity contribution in [1.29, 1.82) is 0 Å². The number of anilines is 1. The van der Waals surface area contributed by atoms with Gasteiger partial charge in [0.15, 0.2) is 0 Å². The number of nitrogens with one attached hydrogen (secondary N) is 1. The molecule has 0 radical (unpaired) electrons. The second-order valence-electron chi connectivity index (χ2n) is 4.97. The number of hydrogen-bond acceptors (Lipinski definition) is 3. The maximum absolute atomic E-state index is 11.9. The zero-order valence-corrected chi connectivity index (χ0v) is 11.7. The summed E-state index contributed by atoms with van der Waals surface area (Å²) in [6.45, 7) is 3.88. The van der Waals surface area contributed by atoms with Gasteiger partial charge in [0.25, 0.3) is 0 Å². The van der Waals surface area contributed by atoms with Crippen LogP contribution >= 0.6 is 0 Å². The molecule has 5 heteroatoms. The molecule has 1 aliphatic rings. The van der Waals surface area contributed by atoms with E-state index in [1.165, 1.54) is 0 Å². The van der Waals surface area contributed by atoms with Crippen molar-refractivity contribution in [2.75, 3.05) is 18.4 Å². The molecule has 0 aromatic heterocycles. The maximum atomic E-state index is 11.9. The third-order valence-electron chi connectivity index (χ3n) is 3.55. The Kier molecular flexibility index (Phi) is 4.61. The summed E-state index contributed by atoms with van der Waals surface area (Å²) in [6.07, 6.45) is 1.15. The summed E-state index contributed by atoms with van der Waals surface area (Å²) in [5.41, 5.74) is 3.09. The maximum Gasteiger partial charge on any atom is 0.303 e. The van der Waals surface area contributed by atoms with E-state index in [4.69, 9.17) is 5.11 Å². The third-order valence-corrected chi connectivity index (χ3v) is 3.55. The van der Waals surface area contributed by atoms with Gasteiger partial charge in [-0.3, -0.25) is 9.59 Å². The molecule has 2 N–H and O–H groups in total. The molecule has 20 heavy (non-hydrogen) atoms. The Balaban J connectivity index is 2.20. The molecular weight excluding hydrogens is 256 g/mol. The Morgan fingerprint density at radius 3 is 2.95 bits per heavy atom. The van der Waals surface area contributed by atoms with Crippen LogP contribution in [0.25, 0.3) is 0 Å². The van der Waals surface area contributed by atoms with Crippen molar-refractivity contribution in [2.45, 2.75) is 32.7 Å². The highest BCUT2D eigenvalue weighted by molar-refractivity contribution is 5.77. The minimum absolute atomic E-state index is 0.128. The number of carboxylic acid groups (broad SMARTS) is 1. The van der Waals surface area contributed by atoms with E-state index in [1.807, 2.05) is 30.0 Å². The number of rotatable bonds is 4. The highest BCUT2D eigenvalue weighted by atomic mass is 16.4. The van der Waals surface area contributed by atoms with Gasteiger partial charge in [-0.15, -0.1) is 0 Å². The van der Waals surface area contributed by atoms with E-state index in [0.717, 1.165) is 16.8 Å². The van der Waals surface area contributed by atoms with Crippen molar-refractivity contribution < 1.29 is 14.7 Å². The number of benzene rings is 1. The second-order valence-corrected chi connectivity index (χ2v) is 4.97. The quantitative estimate of drug-likeness (QED) is 0.880. The molecule has 0 saturated carbocycles. The number of nitrogens with zero attached hydrogens (tertiary/aromatic N) is 1. The van der Waals surface area contributed by atoms with Crippen LogP contribution in [0, 0.1) is 0 Å². The molecule has 108 valence electrons. The van der Waals surface area contributed by atoms with E-state index in [0.29, 0.717) is 32.5 Å². The minimum atomic E-state index is -0.791. The molecule has 1 aromatic rings. The number of aryl methyl sites for hydroxylation is 1. The summed E-state index contributed by atoms with van der Waals surface area (Å²) in [5.74, 6) is -0.637. The van der Waals surface area contributed by atoms with Gasteiger partial charge in [0.05, 0.1) is 0 Å². The summed E-state index contributed by atoms with van der Waals surface area (Å²) < 4.78 is 0. The predicted octanol–water partition coefficient (Wildman–Crippen LogP) is 1.87. The fraction of sp³-hybridized carbons (Fsp3) is 0.467. The van der Waals surface area contributed by atoms with Gasteiger partial charge in [0.2, 0.25) is 5.91 Å². The second kappa shape index (κ2) is 6.41. The largest absolute Gasteiger partial charge is 0.481 e. The molecule has 0 saturated heterocycles. The Morgan fingerprint density at radius 2 is 2.25 bits per heavy atom. The van der Waals surface area contributed by atoms with E-state index in [-0.39, 0.29) is 12.3 Å². The Morgan fingerprint density at radius 1 is 1.45 bits per heavy atom. The van der Waals surface area contributed by atoms with Gasteiger partial charge in [-0.05, 0) is 30.5 Å². The van der Waals surface area contributed by atoms with Crippen molar-refractivity contribution in [3.05, 3.63) is 29.3 Å². The number of hydrogen-bond donors (Lipinski definition) is 2. The van der Waals surface area contributed by atoms with Gasteiger partial charge in [-0.2, -0.15) is 0 Å². The molecule has 1 aromatic carbocycles. The summed E-state index contributed by atoms with van der Waals surface area (Å²) in [4.78, 5) is 24.4. The van der Waals surface area contributed by atoms with Crippen LogP contribution in [-0.2, 0) is 22.6 Å². The van der Waals surface area contributed by atoms with Crippen LogP contribution in [0.4, 0.5) is 5.69 Å². The lowest BCUT2D eigenvalue weighted by atomic mass is 10.0. The summed E-state index contributed by atoms with van der Waals surface area (Å²) in [7, 11) is 0.